The highest BCUT2D eigenvalue weighted by Gasteiger charge is 2.46. The molecule has 0 bridgehead atoms. The molecule has 1 aromatic heterocycles. The zero-order valence-electron chi connectivity index (χ0n) is 14.7. The fourth-order valence-electron chi connectivity index (χ4n) is 2.94. The number of rotatable bonds is 5. The second-order valence-corrected chi connectivity index (χ2v) is 8.25. The number of aldehydes is 1. The number of hydrogen-bond donors (Lipinski definition) is 1. The normalized spacial score (nSPS) is 20.6. The van der Waals surface area contributed by atoms with E-state index in [0.717, 1.165) is 30.3 Å². The summed E-state index contributed by atoms with van der Waals surface area (Å²) in [7, 11) is 0. The number of alkyl carbamates (subject to hydrolysis) is 1. The quantitative estimate of drug-likeness (QED) is 0.640. The minimum absolute atomic E-state index is 0.0341. The molecule has 6 nitrogen and oxygen atoms in total. The molecule has 0 radical (unpaired) electrons. The van der Waals surface area contributed by atoms with Gasteiger partial charge in [0.1, 0.15) is 23.6 Å². The molecule has 136 valence electrons. The van der Waals surface area contributed by atoms with Gasteiger partial charge in [-0.1, -0.05) is 11.6 Å². The van der Waals surface area contributed by atoms with Crippen LogP contribution in [0.25, 0.3) is 0 Å². The van der Waals surface area contributed by atoms with Gasteiger partial charge in [0, 0.05) is 12.0 Å². The van der Waals surface area contributed by atoms with Crippen LogP contribution in [0, 0.1) is 5.92 Å². The number of hydrogen-bond acceptors (Lipinski definition) is 5. The Morgan fingerprint density at radius 1 is 1.44 bits per heavy atom. The van der Waals surface area contributed by atoms with E-state index in [1.54, 1.807) is 0 Å². The maximum atomic E-state index is 11.9. The van der Waals surface area contributed by atoms with Gasteiger partial charge in [-0.05, 0) is 57.6 Å². The molecule has 0 aromatic carbocycles. The fourth-order valence-corrected chi connectivity index (χ4v) is 3.22. The lowest BCUT2D eigenvalue weighted by Crippen LogP contribution is -2.44. The van der Waals surface area contributed by atoms with Crippen LogP contribution in [0.15, 0.2) is 6.07 Å². The Bertz CT molecular complexity index is 695. The van der Waals surface area contributed by atoms with Crippen LogP contribution in [0.1, 0.15) is 44.7 Å². The Balaban J connectivity index is 1.60. The lowest BCUT2D eigenvalue weighted by molar-refractivity contribution is -0.110. The molecular formula is C18H23ClN2O4. The van der Waals surface area contributed by atoms with Gasteiger partial charge in [-0.25, -0.2) is 9.78 Å². The number of carbonyl (C=O) groups is 2. The van der Waals surface area contributed by atoms with Crippen LogP contribution in [0.4, 0.5) is 4.79 Å². The molecule has 1 amide bonds. The van der Waals surface area contributed by atoms with Gasteiger partial charge in [-0.15, -0.1) is 0 Å². The number of nitrogens with one attached hydrogen (secondary N) is 1. The molecule has 7 heteroatoms. The van der Waals surface area contributed by atoms with E-state index in [2.05, 4.69) is 10.3 Å². The number of nitrogens with zero attached hydrogens (tertiary/aromatic N) is 1. The molecule has 1 unspecified atom stereocenters. The lowest BCUT2D eigenvalue weighted by Gasteiger charge is -2.23. The third-order valence-electron chi connectivity index (χ3n) is 4.40. The van der Waals surface area contributed by atoms with Gasteiger partial charge in [0.2, 0.25) is 5.88 Å². The van der Waals surface area contributed by atoms with E-state index in [-0.39, 0.29) is 5.92 Å². The number of amides is 1. The van der Waals surface area contributed by atoms with Gasteiger partial charge >= 0.3 is 6.09 Å². The van der Waals surface area contributed by atoms with E-state index in [4.69, 9.17) is 21.1 Å². The first kappa shape index (κ1) is 18.0. The van der Waals surface area contributed by atoms with E-state index in [1.807, 2.05) is 26.8 Å². The van der Waals surface area contributed by atoms with Gasteiger partial charge in [0.05, 0.1) is 5.54 Å². The molecule has 1 atom stereocenters. The molecule has 25 heavy (non-hydrogen) atoms. The molecule has 1 saturated carbocycles. The van der Waals surface area contributed by atoms with E-state index in [0.29, 0.717) is 30.5 Å². The van der Waals surface area contributed by atoms with E-state index in [9.17, 15) is 9.59 Å². The summed E-state index contributed by atoms with van der Waals surface area (Å²) in [4.78, 5) is 27.2. The smallest absolute Gasteiger partial charge is 0.408 e. The fraction of sp³-hybridized carbons (Fsp3) is 0.611. The highest BCUT2D eigenvalue weighted by molar-refractivity contribution is 6.30. The summed E-state index contributed by atoms with van der Waals surface area (Å²) < 4.78 is 11.1. The largest absolute Gasteiger partial charge is 0.475 e. The average Bonchev–Trinajstić information content (AvgIpc) is 3.11. The third kappa shape index (κ3) is 4.42. The minimum atomic E-state index is -0.537. The molecule has 1 aromatic rings. The van der Waals surface area contributed by atoms with Crippen molar-refractivity contribution in [1.29, 1.82) is 0 Å². The van der Waals surface area contributed by atoms with Crippen LogP contribution >= 0.6 is 11.6 Å². The molecule has 0 saturated heterocycles. The Morgan fingerprint density at radius 2 is 2.16 bits per heavy atom. The first-order valence-electron chi connectivity index (χ1n) is 8.47. The van der Waals surface area contributed by atoms with Crippen molar-refractivity contribution in [3.05, 3.63) is 22.3 Å². The number of aromatic nitrogens is 1. The van der Waals surface area contributed by atoms with Crippen LogP contribution in [0.2, 0.25) is 5.15 Å². The van der Waals surface area contributed by atoms with Crippen molar-refractivity contribution in [2.75, 3.05) is 6.61 Å². The van der Waals surface area contributed by atoms with Crippen molar-refractivity contribution in [1.82, 2.24) is 10.3 Å². The van der Waals surface area contributed by atoms with E-state index < -0.39 is 17.2 Å². The maximum absolute atomic E-state index is 11.9. The Morgan fingerprint density at radius 3 is 2.76 bits per heavy atom. The zero-order chi connectivity index (χ0) is 18.2. The Kier molecular flexibility index (Phi) is 4.66. The van der Waals surface area contributed by atoms with Crippen LogP contribution in [0.5, 0.6) is 5.88 Å². The summed E-state index contributed by atoms with van der Waals surface area (Å²) in [6, 6.07) is 1.84. The highest BCUT2D eigenvalue weighted by atomic mass is 35.5. The maximum Gasteiger partial charge on any atom is 0.408 e. The van der Waals surface area contributed by atoms with Gasteiger partial charge in [-0.2, -0.15) is 0 Å². The van der Waals surface area contributed by atoms with Gasteiger partial charge in [0.25, 0.3) is 0 Å². The van der Waals surface area contributed by atoms with Crippen molar-refractivity contribution in [2.45, 2.75) is 57.6 Å². The predicted octanol–water partition coefficient (Wildman–Crippen LogP) is 3.08. The van der Waals surface area contributed by atoms with Crippen molar-refractivity contribution < 1.29 is 19.1 Å². The molecule has 0 spiro atoms. The number of ether oxygens (including phenoxy) is 2. The molecule has 3 rings (SSSR count). The van der Waals surface area contributed by atoms with Gasteiger partial charge in [0.15, 0.2) is 0 Å². The average molecular weight is 367 g/mol. The number of fused-ring (bicyclic) bond motifs is 1. The van der Waals surface area contributed by atoms with Crippen molar-refractivity contribution in [3.8, 4) is 5.88 Å². The summed E-state index contributed by atoms with van der Waals surface area (Å²) in [5.74, 6) is 0.390. The number of carbonyl (C=O) groups excluding carboxylic acids is 2. The Labute approximate surface area is 152 Å². The van der Waals surface area contributed by atoms with Crippen molar-refractivity contribution in [3.63, 3.8) is 0 Å². The lowest BCUT2D eigenvalue weighted by atomic mass is 10.1. The highest BCUT2D eigenvalue weighted by Crippen LogP contribution is 2.37. The SMILES string of the molecule is CC(C)(C)OC(=O)NC1(COc2cc3c(c(Cl)n2)CC(C=O)C3)CC1. The zero-order valence-corrected chi connectivity index (χ0v) is 15.5. The Hall–Kier alpha value is -1.82. The van der Waals surface area contributed by atoms with Crippen molar-refractivity contribution >= 4 is 24.0 Å². The summed E-state index contributed by atoms with van der Waals surface area (Å²) in [5.41, 5.74) is 1.00. The van der Waals surface area contributed by atoms with Crippen LogP contribution in [-0.2, 0) is 22.4 Å². The topological polar surface area (TPSA) is 77.5 Å². The second-order valence-electron chi connectivity index (χ2n) is 7.89. The first-order chi connectivity index (χ1) is 11.7. The molecule has 1 heterocycles. The number of pyridine rings is 1. The molecule has 0 aliphatic heterocycles. The van der Waals surface area contributed by atoms with Crippen molar-refractivity contribution in [2.24, 2.45) is 5.92 Å². The van der Waals surface area contributed by atoms with E-state index >= 15 is 0 Å². The summed E-state index contributed by atoms with van der Waals surface area (Å²) in [6.07, 6.45) is 3.48. The predicted molar refractivity (Wildman–Crippen MR) is 93.0 cm³/mol. The van der Waals surface area contributed by atoms with Crippen LogP contribution in [-0.4, -0.2) is 35.1 Å². The van der Waals surface area contributed by atoms with E-state index in [1.165, 1.54) is 0 Å². The summed E-state index contributed by atoms with van der Waals surface area (Å²) in [6.45, 7) is 5.79. The first-order valence-corrected chi connectivity index (χ1v) is 8.85. The third-order valence-corrected chi connectivity index (χ3v) is 4.71. The molecule has 2 aliphatic rings. The number of halogens is 1. The summed E-state index contributed by atoms with van der Waals surface area (Å²) >= 11 is 6.22. The summed E-state index contributed by atoms with van der Waals surface area (Å²) in [5, 5.41) is 3.27. The molecule has 1 N–H and O–H groups in total. The molecular weight excluding hydrogens is 344 g/mol. The standard InChI is InChI=1S/C18H23ClN2O4/c1-17(2,3)25-16(23)21-18(4-5-18)10-24-14-8-12-6-11(9-22)7-13(12)15(19)20-14/h8-9,11H,4-7,10H2,1-3H3,(H,21,23). The molecule has 2 aliphatic carbocycles. The molecule has 1 fully saturated rings. The van der Waals surface area contributed by atoms with Crippen LogP contribution < -0.4 is 10.1 Å². The van der Waals surface area contributed by atoms with Gasteiger partial charge < -0.3 is 19.6 Å². The van der Waals surface area contributed by atoms with Gasteiger partial charge in [-0.3, -0.25) is 0 Å². The minimum Gasteiger partial charge on any atom is -0.475 e. The second kappa shape index (κ2) is 6.48. The van der Waals surface area contributed by atoms with Crippen LogP contribution in [0.3, 0.4) is 0 Å². The monoisotopic (exact) mass is 366 g/mol.